The lowest BCUT2D eigenvalue weighted by atomic mass is 10.1. The molecule has 2 heterocycles. The van der Waals surface area contributed by atoms with Crippen LogP contribution in [0.25, 0.3) is 0 Å². The van der Waals surface area contributed by atoms with Gasteiger partial charge in [-0.1, -0.05) is 19.8 Å². The summed E-state index contributed by atoms with van der Waals surface area (Å²) in [5.41, 5.74) is 0. The molecular weight excluding hydrogens is 479 g/mol. The Hall–Kier alpha value is -0.610. The molecule has 2 aliphatic heterocycles. The summed E-state index contributed by atoms with van der Waals surface area (Å²) in [6, 6.07) is 0.316. The Bertz CT molecular complexity index is 517. The summed E-state index contributed by atoms with van der Waals surface area (Å²) in [6.07, 6.45) is 5.63. The Morgan fingerprint density at radius 1 is 1.00 bits per heavy atom. The van der Waals surface area contributed by atoms with Crippen LogP contribution in [0.15, 0.2) is 4.99 Å². The number of hydrogen-bond acceptors (Lipinski definition) is 4. The van der Waals surface area contributed by atoms with Gasteiger partial charge in [-0.25, -0.2) is 0 Å². The van der Waals surface area contributed by atoms with Gasteiger partial charge in [-0.2, -0.15) is 0 Å². The largest absolute Gasteiger partial charge is 0.357 e. The average molecular weight is 521 g/mol. The maximum absolute atomic E-state index is 12.6. The van der Waals surface area contributed by atoms with Gasteiger partial charge in [0.25, 0.3) is 0 Å². The van der Waals surface area contributed by atoms with Gasteiger partial charge in [-0.15, -0.1) is 24.0 Å². The third-order valence-electron chi connectivity index (χ3n) is 6.49. The van der Waals surface area contributed by atoms with Crippen LogP contribution in [0, 0.1) is 5.92 Å². The monoisotopic (exact) mass is 520 g/mol. The molecule has 0 aromatic carbocycles. The second kappa shape index (κ2) is 12.9. The summed E-state index contributed by atoms with van der Waals surface area (Å²) < 4.78 is 0. The molecule has 1 atom stereocenters. The summed E-state index contributed by atoms with van der Waals surface area (Å²) in [7, 11) is 0. The smallest absolute Gasteiger partial charge is 0.225 e. The van der Waals surface area contributed by atoms with Crippen molar-refractivity contribution >= 4 is 35.8 Å². The zero-order valence-electron chi connectivity index (χ0n) is 18.4. The standard InChI is InChI=1S/C21H40N6O.HI/c1-3-22-21(23-10-12-26-15-13-25(4-2)14-16-26)24-19-9-11-27(17-19)20(28)18-7-5-6-8-18;/h18-19H,3-17H2,1-2H3,(H2,22,23,24);1H. The second-order valence-corrected chi connectivity index (χ2v) is 8.43. The quantitative estimate of drug-likeness (QED) is 0.304. The number of amides is 1. The van der Waals surface area contributed by atoms with Crippen molar-refractivity contribution in [1.29, 1.82) is 0 Å². The van der Waals surface area contributed by atoms with E-state index in [0.717, 1.165) is 77.6 Å². The van der Waals surface area contributed by atoms with Gasteiger partial charge in [-0.3, -0.25) is 14.7 Å². The van der Waals surface area contributed by atoms with E-state index < -0.39 is 0 Å². The molecule has 2 saturated heterocycles. The van der Waals surface area contributed by atoms with Crippen molar-refractivity contribution in [2.24, 2.45) is 10.9 Å². The minimum atomic E-state index is 0. The summed E-state index contributed by atoms with van der Waals surface area (Å²) in [5.74, 6) is 1.57. The van der Waals surface area contributed by atoms with Crippen LogP contribution in [0.4, 0.5) is 0 Å². The summed E-state index contributed by atoms with van der Waals surface area (Å²) in [5, 5.41) is 6.94. The topological polar surface area (TPSA) is 63.2 Å². The van der Waals surface area contributed by atoms with Crippen molar-refractivity contribution in [1.82, 2.24) is 25.3 Å². The highest BCUT2D eigenvalue weighted by Crippen LogP contribution is 2.27. The van der Waals surface area contributed by atoms with E-state index in [1.807, 2.05) is 0 Å². The maximum Gasteiger partial charge on any atom is 0.225 e. The summed E-state index contributed by atoms with van der Waals surface area (Å²) >= 11 is 0. The van der Waals surface area contributed by atoms with Crippen LogP contribution in [0.5, 0.6) is 0 Å². The molecule has 3 fully saturated rings. The predicted molar refractivity (Wildman–Crippen MR) is 130 cm³/mol. The first kappa shape index (κ1) is 24.7. The van der Waals surface area contributed by atoms with E-state index in [4.69, 9.17) is 4.99 Å². The lowest BCUT2D eigenvalue weighted by Crippen LogP contribution is -2.47. The molecule has 0 radical (unpaired) electrons. The van der Waals surface area contributed by atoms with Gasteiger partial charge in [0.1, 0.15) is 0 Å². The number of nitrogens with zero attached hydrogens (tertiary/aromatic N) is 4. The molecule has 2 N–H and O–H groups in total. The Balaban J connectivity index is 0.00000300. The van der Waals surface area contributed by atoms with Crippen LogP contribution in [-0.2, 0) is 4.79 Å². The first-order valence-corrected chi connectivity index (χ1v) is 11.5. The van der Waals surface area contributed by atoms with Crippen molar-refractivity contribution in [3.05, 3.63) is 0 Å². The number of aliphatic imine (C=N–C) groups is 1. The third-order valence-corrected chi connectivity index (χ3v) is 6.49. The number of piperazine rings is 1. The van der Waals surface area contributed by atoms with Crippen LogP contribution in [-0.4, -0.2) is 98.1 Å². The SMILES string of the molecule is CCNC(=NCCN1CCN(CC)CC1)NC1CCN(C(=O)C2CCCC2)C1.I. The molecule has 1 amide bonds. The number of halogens is 1. The Kier molecular flexibility index (Phi) is 11.0. The average Bonchev–Trinajstić information content (AvgIpc) is 3.40. The number of guanidine groups is 1. The van der Waals surface area contributed by atoms with Gasteiger partial charge < -0.3 is 20.4 Å². The van der Waals surface area contributed by atoms with E-state index in [-0.39, 0.29) is 29.9 Å². The highest BCUT2D eigenvalue weighted by atomic mass is 127. The van der Waals surface area contributed by atoms with Crippen LogP contribution in [0.1, 0.15) is 46.0 Å². The summed E-state index contributed by atoms with van der Waals surface area (Å²) in [6.45, 7) is 14.5. The number of rotatable bonds is 7. The molecule has 7 nitrogen and oxygen atoms in total. The van der Waals surface area contributed by atoms with E-state index in [2.05, 4.69) is 39.2 Å². The highest BCUT2D eigenvalue weighted by Gasteiger charge is 2.32. The Morgan fingerprint density at radius 3 is 2.34 bits per heavy atom. The van der Waals surface area contributed by atoms with Crippen molar-refractivity contribution in [3.8, 4) is 0 Å². The maximum atomic E-state index is 12.6. The molecule has 0 spiro atoms. The lowest BCUT2D eigenvalue weighted by Gasteiger charge is -2.33. The van der Waals surface area contributed by atoms with E-state index in [1.165, 1.54) is 25.9 Å². The number of nitrogens with one attached hydrogen (secondary N) is 2. The molecule has 29 heavy (non-hydrogen) atoms. The molecule has 1 saturated carbocycles. The van der Waals surface area contributed by atoms with E-state index in [9.17, 15) is 4.79 Å². The minimum Gasteiger partial charge on any atom is -0.357 e. The number of likely N-dealkylation sites (tertiary alicyclic amines) is 1. The molecule has 3 aliphatic rings. The molecule has 3 rings (SSSR count). The van der Waals surface area contributed by atoms with Gasteiger partial charge in [0, 0.05) is 64.3 Å². The van der Waals surface area contributed by atoms with Gasteiger partial charge in [-0.05, 0) is 32.7 Å². The van der Waals surface area contributed by atoms with Crippen LogP contribution in [0.3, 0.4) is 0 Å². The fraction of sp³-hybridized carbons (Fsp3) is 0.905. The fourth-order valence-corrected chi connectivity index (χ4v) is 4.65. The van der Waals surface area contributed by atoms with Crippen molar-refractivity contribution < 1.29 is 4.79 Å². The minimum absolute atomic E-state index is 0. The highest BCUT2D eigenvalue weighted by molar-refractivity contribution is 14.0. The molecule has 168 valence electrons. The number of carbonyl (C=O) groups is 1. The fourth-order valence-electron chi connectivity index (χ4n) is 4.65. The lowest BCUT2D eigenvalue weighted by molar-refractivity contribution is -0.134. The zero-order valence-corrected chi connectivity index (χ0v) is 20.7. The van der Waals surface area contributed by atoms with Gasteiger partial charge in [0.15, 0.2) is 5.96 Å². The van der Waals surface area contributed by atoms with E-state index >= 15 is 0 Å². The molecule has 8 heteroatoms. The van der Waals surface area contributed by atoms with Crippen LogP contribution >= 0.6 is 24.0 Å². The van der Waals surface area contributed by atoms with Gasteiger partial charge in [0.05, 0.1) is 6.54 Å². The Morgan fingerprint density at radius 2 is 1.69 bits per heavy atom. The first-order valence-electron chi connectivity index (χ1n) is 11.5. The van der Waals surface area contributed by atoms with Crippen molar-refractivity contribution in [2.45, 2.75) is 52.0 Å². The van der Waals surface area contributed by atoms with Gasteiger partial charge >= 0.3 is 0 Å². The van der Waals surface area contributed by atoms with Crippen molar-refractivity contribution in [2.75, 3.05) is 65.4 Å². The third kappa shape index (κ3) is 7.54. The molecule has 1 unspecified atom stereocenters. The number of likely N-dealkylation sites (N-methyl/N-ethyl adjacent to an activating group) is 1. The molecule has 0 aromatic heterocycles. The van der Waals surface area contributed by atoms with Crippen LogP contribution in [0.2, 0.25) is 0 Å². The Labute approximate surface area is 194 Å². The molecule has 0 bridgehead atoms. The van der Waals surface area contributed by atoms with Crippen molar-refractivity contribution in [3.63, 3.8) is 0 Å². The normalized spacial score (nSPS) is 24.6. The molecule has 1 aliphatic carbocycles. The molecular formula is C21H41IN6O. The zero-order chi connectivity index (χ0) is 19.8. The summed E-state index contributed by atoms with van der Waals surface area (Å²) in [4.78, 5) is 24.5. The van der Waals surface area contributed by atoms with Gasteiger partial charge in [0.2, 0.25) is 5.91 Å². The van der Waals surface area contributed by atoms with Crippen LogP contribution < -0.4 is 10.6 Å². The molecule has 0 aromatic rings. The first-order chi connectivity index (χ1) is 13.7. The second-order valence-electron chi connectivity index (χ2n) is 8.43. The number of hydrogen-bond donors (Lipinski definition) is 2. The van der Waals surface area contributed by atoms with E-state index in [0.29, 0.717) is 11.9 Å². The number of carbonyl (C=O) groups excluding carboxylic acids is 1. The van der Waals surface area contributed by atoms with E-state index in [1.54, 1.807) is 0 Å². The predicted octanol–water partition coefficient (Wildman–Crippen LogP) is 1.59.